The van der Waals surface area contributed by atoms with Gasteiger partial charge in [0.2, 0.25) is 11.8 Å². The lowest BCUT2D eigenvalue weighted by Crippen LogP contribution is -2.44. The summed E-state index contributed by atoms with van der Waals surface area (Å²) in [7, 11) is 0. The van der Waals surface area contributed by atoms with Crippen LogP contribution in [0.3, 0.4) is 0 Å². The van der Waals surface area contributed by atoms with Crippen LogP contribution in [0.4, 0.5) is 5.82 Å². The smallest absolute Gasteiger partial charge is 0.235 e. The van der Waals surface area contributed by atoms with E-state index in [1.807, 2.05) is 24.3 Å². The molecule has 2 amide bonds. The number of ether oxygens (including phenoxy) is 1. The average Bonchev–Trinajstić information content (AvgIpc) is 3.42. The van der Waals surface area contributed by atoms with Crippen molar-refractivity contribution in [3.05, 3.63) is 54.1 Å². The molecule has 5 rings (SSSR count). The summed E-state index contributed by atoms with van der Waals surface area (Å²) in [5.41, 5.74) is 0.179. The maximum Gasteiger partial charge on any atom is 0.235 e. The standard InChI is InChI=1S/C19H18N4O4/c1-11-8-14(22-27-11)23-10-19-5-2-13(26-19)15(16(19)18(23)25)17(24)21-9-12-3-6-20-7-4-12/h2-8,13,15-16H,9-10H2,1H3,(H,21,24)/t13-,15-,16+,19-/m1/s1. The van der Waals surface area contributed by atoms with Crippen molar-refractivity contribution in [3.8, 4) is 0 Å². The predicted octanol–water partition coefficient (Wildman–Crippen LogP) is 0.981. The highest BCUT2D eigenvalue weighted by Crippen LogP contribution is 2.52. The molecule has 2 bridgehead atoms. The molecule has 4 atom stereocenters. The molecule has 3 aliphatic heterocycles. The minimum atomic E-state index is -0.771. The molecule has 2 fully saturated rings. The molecule has 3 aliphatic rings. The second-order valence-corrected chi connectivity index (χ2v) is 7.19. The molecule has 0 aromatic carbocycles. The SMILES string of the molecule is Cc1cc(N2C[C@@]34C=C[C@@H](O3)[C@@H](C(=O)NCc3ccncc3)[C@H]4C2=O)no1. The van der Waals surface area contributed by atoms with Crippen molar-refractivity contribution < 1.29 is 18.8 Å². The highest BCUT2D eigenvalue weighted by molar-refractivity contribution is 6.02. The van der Waals surface area contributed by atoms with Crippen molar-refractivity contribution in [2.75, 3.05) is 11.4 Å². The number of carbonyl (C=O) groups is 2. The van der Waals surface area contributed by atoms with Crippen molar-refractivity contribution in [3.63, 3.8) is 0 Å². The minimum absolute atomic E-state index is 0.154. The number of hydrogen-bond donors (Lipinski definition) is 1. The van der Waals surface area contributed by atoms with Crippen LogP contribution in [0.5, 0.6) is 0 Å². The maximum atomic E-state index is 13.1. The first kappa shape index (κ1) is 16.2. The number of hydrogen-bond acceptors (Lipinski definition) is 6. The normalized spacial score (nSPS) is 30.8. The van der Waals surface area contributed by atoms with Crippen LogP contribution in [-0.4, -0.2) is 40.2 Å². The molecule has 0 unspecified atom stereocenters. The summed E-state index contributed by atoms with van der Waals surface area (Å²) in [6.07, 6.45) is 6.78. The van der Waals surface area contributed by atoms with Gasteiger partial charge in [0.15, 0.2) is 5.82 Å². The lowest BCUT2D eigenvalue weighted by Gasteiger charge is -2.23. The number of aryl methyl sites for hydroxylation is 1. The zero-order chi connectivity index (χ0) is 18.6. The summed E-state index contributed by atoms with van der Waals surface area (Å²) in [6.45, 7) is 2.49. The van der Waals surface area contributed by atoms with Gasteiger partial charge in [0, 0.05) is 25.0 Å². The molecule has 8 heteroatoms. The summed E-state index contributed by atoms with van der Waals surface area (Å²) < 4.78 is 11.2. The fraction of sp³-hybridized carbons (Fsp3) is 0.368. The number of nitrogens with zero attached hydrogens (tertiary/aromatic N) is 3. The van der Waals surface area contributed by atoms with Crippen LogP contribution in [0.25, 0.3) is 0 Å². The number of rotatable bonds is 4. The van der Waals surface area contributed by atoms with Gasteiger partial charge in [-0.1, -0.05) is 17.3 Å². The van der Waals surface area contributed by atoms with Crippen molar-refractivity contribution in [1.82, 2.24) is 15.5 Å². The van der Waals surface area contributed by atoms with E-state index in [1.165, 1.54) is 0 Å². The van der Waals surface area contributed by atoms with Gasteiger partial charge in [-0.25, -0.2) is 0 Å². The lowest BCUT2D eigenvalue weighted by atomic mass is 9.77. The van der Waals surface area contributed by atoms with E-state index in [0.29, 0.717) is 24.7 Å². The Morgan fingerprint density at radius 2 is 2.22 bits per heavy atom. The lowest BCUT2D eigenvalue weighted by molar-refractivity contribution is -0.132. The number of carbonyl (C=O) groups excluding carboxylic acids is 2. The summed E-state index contributed by atoms with van der Waals surface area (Å²) in [6, 6.07) is 5.40. The average molecular weight is 366 g/mol. The van der Waals surface area contributed by atoms with Crippen LogP contribution in [-0.2, 0) is 20.9 Å². The molecule has 8 nitrogen and oxygen atoms in total. The van der Waals surface area contributed by atoms with Crippen LogP contribution in [0, 0.1) is 18.8 Å². The van der Waals surface area contributed by atoms with Gasteiger partial charge >= 0.3 is 0 Å². The molecule has 2 aromatic rings. The van der Waals surface area contributed by atoms with Gasteiger partial charge in [0.1, 0.15) is 11.4 Å². The highest BCUT2D eigenvalue weighted by atomic mass is 16.5. The van der Waals surface area contributed by atoms with Crippen LogP contribution in [0.2, 0.25) is 0 Å². The van der Waals surface area contributed by atoms with Crippen molar-refractivity contribution in [1.29, 1.82) is 0 Å². The Morgan fingerprint density at radius 1 is 1.41 bits per heavy atom. The molecule has 0 saturated carbocycles. The molecule has 0 aliphatic carbocycles. The van der Waals surface area contributed by atoms with E-state index in [1.54, 1.807) is 30.3 Å². The van der Waals surface area contributed by atoms with Crippen molar-refractivity contribution in [2.45, 2.75) is 25.2 Å². The molecule has 1 spiro atoms. The first-order valence-electron chi connectivity index (χ1n) is 8.86. The molecule has 1 N–H and O–H groups in total. The first-order chi connectivity index (χ1) is 13.1. The van der Waals surface area contributed by atoms with Gasteiger partial charge in [0.25, 0.3) is 0 Å². The fourth-order valence-corrected chi connectivity index (χ4v) is 4.28. The molecule has 0 radical (unpaired) electrons. The van der Waals surface area contributed by atoms with Gasteiger partial charge in [-0.2, -0.15) is 0 Å². The van der Waals surface area contributed by atoms with E-state index < -0.39 is 17.4 Å². The summed E-state index contributed by atoms with van der Waals surface area (Å²) >= 11 is 0. The van der Waals surface area contributed by atoms with Crippen LogP contribution < -0.4 is 10.2 Å². The molecular formula is C19H18N4O4. The third-order valence-corrected chi connectivity index (χ3v) is 5.51. The number of anilines is 1. The molecule has 138 valence electrons. The van der Waals surface area contributed by atoms with E-state index in [2.05, 4.69) is 15.5 Å². The number of pyridine rings is 1. The van der Waals surface area contributed by atoms with Crippen molar-refractivity contribution >= 4 is 17.6 Å². The molecule has 2 saturated heterocycles. The van der Waals surface area contributed by atoms with E-state index in [9.17, 15) is 9.59 Å². The van der Waals surface area contributed by atoms with E-state index >= 15 is 0 Å². The number of aromatic nitrogens is 2. The van der Waals surface area contributed by atoms with E-state index in [-0.39, 0.29) is 17.9 Å². The van der Waals surface area contributed by atoms with E-state index in [0.717, 1.165) is 5.56 Å². The van der Waals surface area contributed by atoms with Crippen LogP contribution in [0.1, 0.15) is 11.3 Å². The summed E-state index contributed by atoms with van der Waals surface area (Å²) in [4.78, 5) is 31.5. The van der Waals surface area contributed by atoms with Crippen LogP contribution in [0.15, 0.2) is 47.3 Å². The highest BCUT2D eigenvalue weighted by Gasteiger charge is 2.67. The minimum Gasteiger partial charge on any atom is -0.360 e. The second-order valence-electron chi connectivity index (χ2n) is 7.19. The summed E-state index contributed by atoms with van der Waals surface area (Å²) in [5.74, 6) is -0.361. The Hall–Kier alpha value is -3.00. The monoisotopic (exact) mass is 366 g/mol. The van der Waals surface area contributed by atoms with Gasteiger partial charge in [-0.3, -0.25) is 19.5 Å². The van der Waals surface area contributed by atoms with Gasteiger partial charge in [-0.05, 0) is 24.6 Å². The maximum absolute atomic E-state index is 13.1. The van der Waals surface area contributed by atoms with Gasteiger partial charge in [-0.15, -0.1) is 0 Å². The largest absolute Gasteiger partial charge is 0.360 e. The topological polar surface area (TPSA) is 97.6 Å². The first-order valence-corrected chi connectivity index (χ1v) is 8.86. The fourth-order valence-electron chi connectivity index (χ4n) is 4.28. The quantitative estimate of drug-likeness (QED) is 0.810. The Kier molecular flexibility index (Phi) is 3.45. The zero-order valence-electron chi connectivity index (χ0n) is 14.7. The number of nitrogens with one attached hydrogen (secondary N) is 1. The van der Waals surface area contributed by atoms with Gasteiger partial charge in [0.05, 0.1) is 24.5 Å². The predicted molar refractivity (Wildman–Crippen MR) is 93.4 cm³/mol. The third-order valence-electron chi connectivity index (χ3n) is 5.51. The molecule has 5 heterocycles. The zero-order valence-corrected chi connectivity index (χ0v) is 14.7. The molecule has 2 aromatic heterocycles. The van der Waals surface area contributed by atoms with Gasteiger partial charge < -0.3 is 14.6 Å². The summed E-state index contributed by atoms with van der Waals surface area (Å²) in [5, 5.41) is 6.87. The van der Waals surface area contributed by atoms with Crippen LogP contribution >= 0.6 is 0 Å². The number of amides is 2. The Bertz CT molecular complexity index is 940. The third kappa shape index (κ3) is 2.40. The molecule has 27 heavy (non-hydrogen) atoms. The molecular weight excluding hydrogens is 348 g/mol. The Balaban J connectivity index is 1.38. The Morgan fingerprint density at radius 3 is 2.96 bits per heavy atom. The number of fused-ring (bicyclic) bond motifs is 1. The second kappa shape index (κ2) is 5.75. The van der Waals surface area contributed by atoms with Crippen molar-refractivity contribution in [2.24, 2.45) is 11.8 Å². The Labute approximate surface area is 155 Å². The van der Waals surface area contributed by atoms with E-state index in [4.69, 9.17) is 9.26 Å².